The summed E-state index contributed by atoms with van der Waals surface area (Å²) in [5.41, 5.74) is 2.59. The maximum absolute atomic E-state index is 13.4. The molecular formula is C25H24Cl2N2O2. The summed E-state index contributed by atoms with van der Waals surface area (Å²) in [4.78, 5) is 27.9. The number of nitrogens with zero attached hydrogens (tertiary/aromatic N) is 1. The molecule has 2 amide bonds. The van der Waals surface area contributed by atoms with Crippen LogP contribution in [0.5, 0.6) is 0 Å². The van der Waals surface area contributed by atoms with E-state index in [9.17, 15) is 9.59 Å². The first-order valence-electron chi connectivity index (χ1n) is 10.0. The molecule has 0 heterocycles. The lowest BCUT2D eigenvalue weighted by atomic mass is 10.0. The van der Waals surface area contributed by atoms with Gasteiger partial charge in [-0.25, -0.2) is 0 Å². The maximum Gasteiger partial charge on any atom is 0.242 e. The molecule has 160 valence electrons. The molecule has 1 N–H and O–H groups in total. The van der Waals surface area contributed by atoms with Gasteiger partial charge in [0.15, 0.2) is 0 Å². The largest absolute Gasteiger partial charge is 0.357 e. The van der Waals surface area contributed by atoms with Gasteiger partial charge in [-0.15, -0.1) is 0 Å². The lowest BCUT2D eigenvalue weighted by Crippen LogP contribution is -2.50. The van der Waals surface area contributed by atoms with Gasteiger partial charge in [-0.2, -0.15) is 0 Å². The van der Waals surface area contributed by atoms with Crippen molar-refractivity contribution >= 4 is 35.0 Å². The minimum Gasteiger partial charge on any atom is -0.357 e. The van der Waals surface area contributed by atoms with Crippen molar-refractivity contribution in [2.45, 2.75) is 25.4 Å². The van der Waals surface area contributed by atoms with Crippen LogP contribution in [0.4, 0.5) is 0 Å². The molecule has 0 saturated carbocycles. The van der Waals surface area contributed by atoms with E-state index < -0.39 is 6.04 Å². The van der Waals surface area contributed by atoms with Crippen LogP contribution in [-0.4, -0.2) is 29.8 Å². The molecule has 0 aliphatic carbocycles. The van der Waals surface area contributed by atoms with Gasteiger partial charge in [-0.05, 0) is 34.9 Å². The molecule has 3 aromatic carbocycles. The molecule has 0 aromatic heterocycles. The van der Waals surface area contributed by atoms with E-state index in [2.05, 4.69) is 5.32 Å². The highest BCUT2D eigenvalue weighted by Gasteiger charge is 2.30. The highest BCUT2D eigenvalue weighted by atomic mass is 35.5. The van der Waals surface area contributed by atoms with Gasteiger partial charge >= 0.3 is 0 Å². The third kappa shape index (κ3) is 6.33. The Bertz CT molecular complexity index is 1020. The highest BCUT2D eigenvalue weighted by Crippen LogP contribution is 2.20. The molecule has 0 fully saturated rings. The summed E-state index contributed by atoms with van der Waals surface area (Å²) < 4.78 is 0. The zero-order valence-corrected chi connectivity index (χ0v) is 18.7. The maximum atomic E-state index is 13.4. The van der Waals surface area contributed by atoms with Gasteiger partial charge in [0.2, 0.25) is 11.8 Å². The zero-order valence-electron chi connectivity index (χ0n) is 17.2. The average molecular weight is 455 g/mol. The minimum absolute atomic E-state index is 0.107. The summed E-state index contributed by atoms with van der Waals surface area (Å²) in [6.45, 7) is 0.283. The van der Waals surface area contributed by atoms with E-state index in [1.807, 2.05) is 60.7 Å². The van der Waals surface area contributed by atoms with Crippen molar-refractivity contribution in [1.29, 1.82) is 0 Å². The number of carbonyl (C=O) groups is 2. The fourth-order valence-corrected chi connectivity index (χ4v) is 3.74. The van der Waals surface area contributed by atoms with Gasteiger partial charge in [-0.3, -0.25) is 9.59 Å². The summed E-state index contributed by atoms with van der Waals surface area (Å²) >= 11 is 12.3. The van der Waals surface area contributed by atoms with E-state index in [0.717, 1.165) is 16.7 Å². The lowest BCUT2D eigenvalue weighted by molar-refractivity contribution is -0.140. The number of halogens is 2. The standard InChI is InChI=1S/C25H24Cl2N2O2/c1-28-25(31)23(15-18-7-3-2-4-8-18)29(17-19-11-13-21(26)14-12-19)24(30)16-20-9-5-6-10-22(20)27/h2-14,23H,15-17H2,1H3,(H,28,31). The number of hydrogen-bond donors (Lipinski definition) is 1. The predicted molar refractivity (Wildman–Crippen MR) is 125 cm³/mol. The van der Waals surface area contributed by atoms with Gasteiger partial charge in [0, 0.05) is 30.1 Å². The molecule has 0 aliphatic heterocycles. The molecule has 3 rings (SSSR count). The van der Waals surface area contributed by atoms with Crippen molar-refractivity contribution in [2.75, 3.05) is 7.05 Å². The Hall–Kier alpha value is -2.82. The van der Waals surface area contributed by atoms with Crippen LogP contribution < -0.4 is 5.32 Å². The number of hydrogen-bond acceptors (Lipinski definition) is 2. The van der Waals surface area contributed by atoms with E-state index >= 15 is 0 Å². The Balaban J connectivity index is 1.94. The summed E-state index contributed by atoms with van der Waals surface area (Å²) in [5.74, 6) is -0.391. The van der Waals surface area contributed by atoms with Crippen LogP contribution in [-0.2, 0) is 29.0 Å². The first-order valence-corrected chi connectivity index (χ1v) is 10.8. The molecule has 0 spiro atoms. The second-order valence-electron chi connectivity index (χ2n) is 7.24. The molecule has 31 heavy (non-hydrogen) atoms. The molecule has 0 radical (unpaired) electrons. The monoisotopic (exact) mass is 454 g/mol. The molecule has 1 unspecified atom stereocenters. The second-order valence-corrected chi connectivity index (χ2v) is 8.08. The lowest BCUT2D eigenvalue weighted by Gasteiger charge is -2.31. The molecule has 0 aliphatic rings. The summed E-state index contributed by atoms with van der Waals surface area (Å²) in [5, 5.41) is 3.86. The third-order valence-corrected chi connectivity index (χ3v) is 5.70. The SMILES string of the molecule is CNC(=O)C(Cc1ccccc1)N(Cc1ccc(Cl)cc1)C(=O)Cc1ccccc1Cl. The van der Waals surface area contributed by atoms with Crippen molar-refractivity contribution in [3.05, 3.63) is 106 Å². The first-order chi connectivity index (χ1) is 15.0. The van der Waals surface area contributed by atoms with Crippen LogP contribution in [0.2, 0.25) is 10.0 Å². The second kappa shape index (κ2) is 11.0. The Morgan fingerprint density at radius 2 is 1.52 bits per heavy atom. The van der Waals surface area contributed by atoms with Crippen LogP contribution >= 0.6 is 23.2 Å². The van der Waals surface area contributed by atoms with Crippen molar-refractivity contribution < 1.29 is 9.59 Å². The van der Waals surface area contributed by atoms with Crippen molar-refractivity contribution in [2.24, 2.45) is 0 Å². The van der Waals surface area contributed by atoms with E-state index in [4.69, 9.17) is 23.2 Å². The normalized spacial score (nSPS) is 11.6. The predicted octanol–water partition coefficient (Wildman–Crippen LogP) is 4.92. The van der Waals surface area contributed by atoms with Gasteiger partial charge in [0.25, 0.3) is 0 Å². The Kier molecular flexibility index (Phi) is 8.10. The molecule has 0 saturated heterocycles. The topological polar surface area (TPSA) is 49.4 Å². The van der Waals surface area contributed by atoms with Gasteiger partial charge in [0.1, 0.15) is 6.04 Å². The van der Waals surface area contributed by atoms with Gasteiger partial charge in [0.05, 0.1) is 6.42 Å². The van der Waals surface area contributed by atoms with Crippen LogP contribution in [0.25, 0.3) is 0 Å². The number of amides is 2. The van der Waals surface area contributed by atoms with Crippen LogP contribution in [0.1, 0.15) is 16.7 Å². The molecule has 1 atom stereocenters. The molecule has 6 heteroatoms. The van der Waals surface area contributed by atoms with Crippen LogP contribution in [0.3, 0.4) is 0 Å². The molecule has 0 bridgehead atoms. The smallest absolute Gasteiger partial charge is 0.242 e. The molecule has 3 aromatic rings. The summed E-state index contributed by atoms with van der Waals surface area (Å²) in [6.07, 6.45) is 0.512. The number of rotatable bonds is 8. The average Bonchev–Trinajstić information content (AvgIpc) is 2.79. The molecule has 4 nitrogen and oxygen atoms in total. The summed E-state index contributed by atoms with van der Waals surface area (Å²) in [6, 6.07) is 23.5. The van der Waals surface area contributed by atoms with E-state index in [1.165, 1.54) is 0 Å². The number of benzene rings is 3. The van der Waals surface area contributed by atoms with Crippen LogP contribution in [0.15, 0.2) is 78.9 Å². The van der Waals surface area contributed by atoms with Crippen molar-refractivity contribution in [1.82, 2.24) is 10.2 Å². The number of carbonyl (C=O) groups excluding carboxylic acids is 2. The fraction of sp³-hybridized carbons (Fsp3) is 0.200. The first kappa shape index (κ1) is 22.9. The number of likely N-dealkylation sites (N-methyl/N-ethyl adjacent to an activating group) is 1. The Morgan fingerprint density at radius 1 is 0.871 bits per heavy atom. The Labute approximate surface area is 192 Å². The fourth-order valence-electron chi connectivity index (χ4n) is 3.41. The Morgan fingerprint density at radius 3 is 2.16 bits per heavy atom. The summed E-state index contributed by atoms with van der Waals surface area (Å²) in [7, 11) is 1.58. The molecular weight excluding hydrogens is 431 g/mol. The third-order valence-electron chi connectivity index (χ3n) is 5.08. The van der Waals surface area contributed by atoms with E-state index in [-0.39, 0.29) is 24.8 Å². The van der Waals surface area contributed by atoms with Gasteiger partial charge < -0.3 is 10.2 Å². The van der Waals surface area contributed by atoms with Crippen LogP contribution in [0, 0.1) is 0 Å². The zero-order chi connectivity index (χ0) is 22.2. The quantitative estimate of drug-likeness (QED) is 0.524. The van der Waals surface area contributed by atoms with E-state index in [0.29, 0.717) is 16.5 Å². The van der Waals surface area contributed by atoms with Crippen molar-refractivity contribution in [3.8, 4) is 0 Å². The number of nitrogens with one attached hydrogen (secondary N) is 1. The minimum atomic E-state index is -0.668. The van der Waals surface area contributed by atoms with E-state index in [1.54, 1.807) is 30.1 Å². The van der Waals surface area contributed by atoms with Crippen molar-refractivity contribution in [3.63, 3.8) is 0 Å². The highest BCUT2D eigenvalue weighted by molar-refractivity contribution is 6.31. The van der Waals surface area contributed by atoms with Gasteiger partial charge in [-0.1, -0.05) is 83.9 Å².